The summed E-state index contributed by atoms with van der Waals surface area (Å²) in [5.74, 6) is 0. The lowest BCUT2D eigenvalue weighted by molar-refractivity contribution is -0.0654. The molecule has 0 amide bonds. The topological polar surface area (TPSA) is 56.3 Å². The van der Waals surface area contributed by atoms with E-state index in [1.807, 2.05) is 10.9 Å². The van der Waals surface area contributed by atoms with Crippen LogP contribution in [0.3, 0.4) is 0 Å². The Hall–Kier alpha value is -0.910. The van der Waals surface area contributed by atoms with Gasteiger partial charge in [0, 0.05) is 37.4 Å². The molecule has 5 heteroatoms. The Morgan fingerprint density at radius 2 is 2.33 bits per heavy atom. The molecule has 2 N–H and O–H groups in total. The molecule has 102 valence electrons. The van der Waals surface area contributed by atoms with Gasteiger partial charge in [0.1, 0.15) is 0 Å². The maximum atomic E-state index is 5.97. The highest BCUT2D eigenvalue weighted by atomic mass is 16.5. The summed E-state index contributed by atoms with van der Waals surface area (Å²) in [6.45, 7) is 9.62. The van der Waals surface area contributed by atoms with Gasteiger partial charge in [-0.25, -0.2) is 0 Å². The third kappa shape index (κ3) is 2.74. The summed E-state index contributed by atoms with van der Waals surface area (Å²) in [4.78, 5) is 2.44. The molecule has 0 aliphatic carbocycles. The van der Waals surface area contributed by atoms with Crippen molar-refractivity contribution in [1.82, 2.24) is 14.7 Å². The molecule has 1 aromatic heterocycles. The number of hydrogen-bond acceptors (Lipinski definition) is 4. The van der Waals surface area contributed by atoms with Gasteiger partial charge in [0.05, 0.1) is 24.9 Å². The maximum Gasteiger partial charge on any atom is 0.0675 e. The first-order valence-electron chi connectivity index (χ1n) is 6.75. The van der Waals surface area contributed by atoms with Crippen LogP contribution in [0.2, 0.25) is 0 Å². The van der Waals surface area contributed by atoms with Crippen LogP contribution < -0.4 is 5.73 Å². The summed E-state index contributed by atoms with van der Waals surface area (Å²) in [6, 6.07) is 0.645. The van der Waals surface area contributed by atoms with Crippen LogP contribution in [0.1, 0.15) is 32.4 Å². The molecule has 0 bridgehead atoms. The average Bonchev–Trinajstić information content (AvgIpc) is 2.83. The molecule has 1 saturated heterocycles. The normalized spacial score (nSPS) is 27.3. The molecule has 5 nitrogen and oxygen atoms in total. The number of rotatable bonds is 4. The van der Waals surface area contributed by atoms with E-state index < -0.39 is 0 Å². The summed E-state index contributed by atoms with van der Waals surface area (Å²) in [7, 11) is 0. The first-order valence-corrected chi connectivity index (χ1v) is 6.75. The van der Waals surface area contributed by atoms with Crippen LogP contribution >= 0.6 is 0 Å². The smallest absolute Gasteiger partial charge is 0.0675 e. The Morgan fingerprint density at radius 1 is 1.56 bits per heavy atom. The van der Waals surface area contributed by atoms with Crippen LogP contribution in [0.4, 0.5) is 0 Å². The molecule has 18 heavy (non-hydrogen) atoms. The summed E-state index contributed by atoms with van der Waals surface area (Å²) in [5, 5.41) is 4.35. The Kier molecular flexibility index (Phi) is 4.37. The molecule has 0 saturated carbocycles. The van der Waals surface area contributed by atoms with Gasteiger partial charge in [-0.15, -0.1) is 0 Å². The zero-order valence-corrected chi connectivity index (χ0v) is 11.5. The van der Waals surface area contributed by atoms with Crippen molar-refractivity contribution < 1.29 is 4.74 Å². The van der Waals surface area contributed by atoms with E-state index in [-0.39, 0.29) is 12.1 Å². The van der Waals surface area contributed by atoms with Crippen LogP contribution in [0.25, 0.3) is 0 Å². The van der Waals surface area contributed by atoms with Gasteiger partial charge in [0.15, 0.2) is 0 Å². The average molecular weight is 252 g/mol. The second kappa shape index (κ2) is 5.82. The molecule has 0 spiro atoms. The van der Waals surface area contributed by atoms with Crippen molar-refractivity contribution in [3.8, 4) is 0 Å². The summed E-state index contributed by atoms with van der Waals surface area (Å²) < 4.78 is 7.62. The molecular weight excluding hydrogens is 228 g/mol. The SMILES string of the molecule is CCn1cc(C(CN)N2CC(C)OCC2C)cn1. The highest BCUT2D eigenvalue weighted by Gasteiger charge is 2.30. The number of ether oxygens (including phenoxy) is 1. The van der Waals surface area contributed by atoms with Crippen LogP contribution in [0.5, 0.6) is 0 Å². The molecule has 1 fully saturated rings. The lowest BCUT2D eigenvalue weighted by Crippen LogP contribution is -2.50. The van der Waals surface area contributed by atoms with Crippen LogP contribution in [-0.2, 0) is 11.3 Å². The molecule has 1 aromatic rings. The molecule has 1 aliphatic rings. The van der Waals surface area contributed by atoms with E-state index in [4.69, 9.17) is 10.5 Å². The molecule has 3 atom stereocenters. The minimum absolute atomic E-state index is 0.242. The number of aryl methyl sites for hydroxylation is 1. The van der Waals surface area contributed by atoms with Crippen molar-refractivity contribution in [3.63, 3.8) is 0 Å². The van der Waals surface area contributed by atoms with Gasteiger partial charge >= 0.3 is 0 Å². The van der Waals surface area contributed by atoms with Crippen LogP contribution in [0.15, 0.2) is 12.4 Å². The highest BCUT2D eigenvalue weighted by Crippen LogP contribution is 2.25. The fraction of sp³-hybridized carbons (Fsp3) is 0.769. The summed E-state index contributed by atoms with van der Waals surface area (Å²) in [5.41, 5.74) is 7.18. The van der Waals surface area contributed by atoms with E-state index >= 15 is 0 Å². The first kappa shape index (κ1) is 13.5. The Labute approximate surface area is 109 Å². The predicted molar refractivity (Wildman–Crippen MR) is 71.3 cm³/mol. The fourth-order valence-corrected chi connectivity index (χ4v) is 2.55. The van der Waals surface area contributed by atoms with E-state index in [2.05, 4.69) is 37.0 Å². The van der Waals surface area contributed by atoms with Crippen molar-refractivity contribution in [2.75, 3.05) is 19.7 Å². The van der Waals surface area contributed by atoms with E-state index in [0.717, 1.165) is 19.7 Å². The second-order valence-electron chi connectivity index (χ2n) is 5.07. The molecule has 3 unspecified atom stereocenters. The van der Waals surface area contributed by atoms with Crippen molar-refractivity contribution in [1.29, 1.82) is 0 Å². The third-order valence-electron chi connectivity index (χ3n) is 3.64. The lowest BCUT2D eigenvalue weighted by Gasteiger charge is -2.41. The van der Waals surface area contributed by atoms with E-state index in [1.54, 1.807) is 0 Å². The number of nitrogens with two attached hydrogens (primary N) is 1. The van der Waals surface area contributed by atoms with Gasteiger partial charge in [-0.1, -0.05) is 0 Å². The second-order valence-corrected chi connectivity index (χ2v) is 5.07. The number of hydrogen-bond donors (Lipinski definition) is 1. The fourth-order valence-electron chi connectivity index (χ4n) is 2.55. The van der Waals surface area contributed by atoms with Gasteiger partial charge in [0.2, 0.25) is 0 Å². The molecule has 1 aliphatic heterocycles. The minimum atomic E-state index is 0.242. The number of aromatic nitrogens is 2. The monoisotopic (exact) mass is 252 g/mol. The lowest BCUT2D eigenvalue weighted by atomic mass is 10.1. The maximum absolute atomic E-state index is 5.97. The van der Waals surface area contributed by atoms with Gasteiger partial charge < -0.3 is 10.5 Å². The summed E-state index contributed by atoms with van der Waals surface area (Å²) >= 11 is 0. The number of morpholine rings is 1. The molecule has 2 heterocycles. The molecule has 2 rings (SSSR count). The first-order chi connectivity index (χ1) is 8.65. The Balaban J connectivity index is 2.16. The standard InChI is InChI=1S/C13H24N4O/c1-4-16-8-12(6-15-16)13(5-14)17-7-11(3)18-9-10(17)2/h6,8,10-11,13H,4-5,7,9,14H2,1-3H3. The third-order valence-corrected chi connectivity index (χ3v) is 3.64. The van der Waals surface area contributed by atoms with Crippen molar-refractivity contribution >= 4 is 0 Å². The highest BCUT2D eigenvalue weighted by molar-refractivity contribution is 5.12. The predicted octanol–water partition coefficient (Wildman–Crippen LogP) is 1.01. The molecular formula is C13H24N4O. The van der Waals surface area contributed by atoms with E-state index in [0.29, 0.717) is 12.6 Å². The van der Waals surface area contributed by atoms with Crippen LogP contribution in [-0.4, -0.2) is 46.5 Å². The molecule has 0 radical (unpaired) electrons. The zero-order chi connectivity index (χ0) is 13.1. The van der Waals surface area contributed by atoms with Crippen molar-refractivity contribution in [2.45, 2.75) is 45.5 Å². The van der Waals surface area contributed by atoms with Gasteiger partial charge in [-0.05, 0) is 20.8 Å². The van der Waals surface area contributed by atoms with E-state index in [9.17, 15) is 0 Å². The Morgan fingerprint density at radius 3 is 2.94 bits per heavy atom. The molecule has 0 aromatic carbocycles. The minimum Gasteiger partial charge on any atom is -0.376 e. The zero-order valence-electron chi connectivity index (χ0n) is 11.5. The van der Waals surface area contributed by atoms with E-state index in [1.165, 1.54) is 5.56 Å². The quantitative estimate of drug-likeness (QED) is 0.869. The van der Waals surface area contributed by atoms with Crippen molar-refractivity contribution in [3.05, 3.63) is 18.0 Å². The van der Waals surface area contributed by atoms with Crippen molar-refractivity contribution in [2.24, 2.45) is 5.73 Å². The van der Waals surface area contributed by atoms with Gasteiger partial charge in [-0.2, -0.15) is 5.10 Å². The van der Waals surface area contributed by atoms with Gasteiger partial charge in [-0.3, -0.25) is 9.58 Å². The number of nitrogens with zero attached hydrogens (tertiary/aromatic N) is 3. The Bertz CT molecular complexity index is 379. The largest absolute Gasteiger partial charge is 0.376 e. The summed E-state index contributed by atoms with van der Waals surface area (Å²) in [6.07, 6.45) is 4.31. The van der Waals surface area contributed by atoms with Crippen LogP contribution in [0, 0.1) is 0 Å². The van der Waals surface area contributed by atoms with Gasteiger partial charge in [0.25, 0.3) is 0 Å².